The number of hydrogen-bond acceptors (Lipinski definition) is 4. The summed E-state index contributed by atoms with van der Waals surface area (Å²) in [5.74, 6) is -2.15. The van der Waals surface area contributed by atoms with Gasteiger partial charge in [-0.1, -0.05) is 39.0 Å². The van der Waals surface area contributed by atoms with Crippen molar-refractivity contribution in [2.45, 2.75) is 59.4 Å². The molecule has 0 aliphatic rings. The lowest BCUT2D eigenvalue weighted by molar-refractivity contribution is -0.114. The van der Waals surface area contributed by atoms with E-state index < -0.39 is 5.92 Å². The van der Waals surface area contributed by atoms with Crippen molar-refractivity contribution in [1.29, 1.82) is 0 Å². The number of hydrogen-bond donors (Lipinski definition) is 2. The van der Waals surface area contributed by atoms with E-state index in [0.717, 1.165) is 36.0 Å². The van der Waals surface area contributed by atoms with Crippen LogP contribution in [0.5, 0.6) is 11.5 Å². The van der Waals surface area contributed by atoms with Gasteiger partial charge in [-0.15, -0.1) is 0 Å². The van der Waals surface area contributed by atoms with Crippen LogP contribution >= 0.6 is 0 Å². The Hall–Kier alpha value is -3.74. The van der Waals surface area contributed by atoms with Gasteiger partial charge in [-0.05, 0) is 91.9 Å². The summed E-state index contributed by atoms with van der Waals surface area (Å²) in [5, 5.41) is 2.92. The summed E-state index contributed by atoms with van der Waals surface area (Å²) in [5.41, 5.74) is 8.96. The first kappa shape index (κ1) is 28.5. The summed E-state index contributed by atoms with van der Waals surface area (Å²) < 4.78 is 33.5. The second kappa shape index (κ2) is 13.4. The number of aryl methyl sites for hydroxylation is 1. The highest BCUT2D eigenvalue weighted by Gasteiger charge is 2.26. The van der Waals surface area contributed by atoms with E-state index in [-0.39, 0.29) is 23.7 Å². The molecule has 0 spiro atoms. The number of aliphatic imine (C=N–C) groups is 1. The van der Waals surface area contributed by atoms with Crippen LogP contribution in [0.1, 0.15) is 57.2 Å². The van der Waals surface area contributed by atoms with Crippen molar-refractivity contribution in [2.24, 2.45) is 10.7 Å². The fraction of sp³-hybridized carbons (Fsp3) is 0.310. The molecule has 0 radical (unpaired) electrons. The quantitative estimate of drug-likeness (QED) is 0.247. The minimum Gasteiger partial charge on any atom is -0.457 e. The van der Waals surface area contributed by atoms with Gasteiger partial charge in [0.2, 0.25) is 0 Å². The Morgan fingerprint density at radius 3 is 2.39 bits per heavy atom. The monoisotopic (exact) mass is 495 g/mol. The molecular formula is C29H35F2N3O2. The van der Waals surface area contributed by atoms with Crippen LogP contribution in [0.2, 0.25) is 0 Å². The predicted molar refractivity (Wildman–Crippen MR) is 142 cm³/mol. The number of nitrogens with zero attached hydrogens (tertiary/aromatic N) is 1. The zero-order valence-electron chi connectivity index (χ0n) is 21.4. The molecule has 0 saturated heterocycles. The first-order valence-electron chi connectivity index (χ1n) is 12.0. The molecule has 0 aliphatic heterocycles. The number of carbonyl (C=O) groups is 1. The van der Waals surface area contributed by atoms with Gasteiger partial charge in [-0.2, -0.15) is 8.78 Å². The third kappa shape index (κ3) is 7.90. The molecule has 5 nitrogen and oxygen atoms in total. The van der Waals surface area contributed by atoms with Crippen molar-refractivity contribution in [1.82, 2.24) is 5.32 Å². The van der Waals surface area contributed by atoms with Gasteiger partial charge in [-0.25, -0.2) is 4.99 Å². The van der Waals surface area contributed by atoms with Gasteiger partial charge in [-0.3, -0.25) is 4.79 Å². The van der Waals surface area contributed by atoms with Gasteiger partial charge in [0.1, 0.15) is 23.0 Å². The molecule has 7 heteroatoms. The maximum atomic E-state index is 13.8. The van der Waals surface area contributed by atoms with Gasteiger partial charge in [0.15, 0.2) is 0 Å². The number of carbonyl (C=O) groups excluding carboxylic acids is 1. The fourth-order valence-electron chi connectivity index (χ4n) is 3.34. The molecule has 0 bridgehead atoms. The first-order chi connectivity index (χ1) is 17.1. The van der Waals surface area contributed by atoms with Gasteiger partial charge >= 0.3 is 0 Å². The maximum Gasteiger partial charge on any atom is 0.291 e. The topological polar surface area (TPSA) is 76.7 Å². The van der Waals surface area contributed by atoms with E-state index >= 15 is 0 Å². The Kier molecular flexibility index (Phi) is 10.6. The van der Waals surface area contributed by atoms with Crippen molar-refractivity contribution in [3.63, 3.8) is 0 Å². The van der Waals surface area contributed by atoms with E-state index in [0.29, 0.717) is 23.4 Å². The zero-order valence-corrected chi connectivity index (χ0v) is 21.4. The number of rotatable bonds is 12. The minimum absolute atomic E-state index is 0.158. The molecule has 36 heavy (non-hydrogen) atoms. The molecule has 2 rings (SSSR count). The summed E-state index contributed by atoms with van der Waals surface area (Å²) in [4.78, 5) is 17.2. The maximum absolute atomic E-state index is 13.8. The van der Waals surface area contributed by atoms with Crippen LogP contribution in [-0.2, 0) is 23.7 Å². The number of ether oxygens (including phenoxy) is 1. The van der Waals surface area contributed by atoms with Gasteiger partial charge in [0.05, 0.1) is 0 Å². The van der Waals surface area contributed by atoms with Crippen LogP contribution in [0.25, 0.3) is 0 Å². The summed E-state index contributed by atoms with van der Waals surface area (Å²) in [6, 6.07) is 11.2. The van der Waals surface area contributed by atoms with Crippen LogP contribution in [0.4, 0.5) is 8.78 Å². The van der Waals surface area contributed by atoms with E-state index in [1.165, 1.54) is 24.3 Å². The molecular weight excluding hydrogens is 460 g/mol. The second-order valence-electron chi connectivity index (χ2n) is 8.33. The number of alkyl halides is 2. The molecule has 0 aromatic heterocycles. The van der Waals surface area contributed by atoms with Crippen molar-refractivity contribution < 1.29 is 18.3 Å². The normalized spacial score (nSPS) is 12.9. The van der Waals surface area contributed by atoms with Gasteiger partial charge < -0.3 is 15.8 Å². The van der Waals surface area contributed by atoms with Crippen LogP contribution in [-0.4, -0.2) is 11.6 Å². The molecule has 1 amide bonds. The van der Waals surface area contributed by atoms with Crippen molar-refractivity contribution in [3.8, 4) is 11.5 Å². The molecule has 0 fully saturated rings. The van der Waals surface area contributed by atoms with E-state index in [4.69, 9.17) is 10.5 Å². The van der Waals surface area contributed by atoms with Gasteiger partial charge in [0, 0.05) is 12.1 Å². The minimum atomic E-state index is -3.10. The van der Waals surface area contributed by atoms with Crippen LogP contribution in [0, 0.1) is 0 Å². The number of benzene rings is 2. The summed E-state index contributed by atoms with van der Waals surface area (Å²) in [6.07, 6.45) is 6.48. The second-order valence-corrected chi connectivity index (χ2v) is 8.33. The van der Waals surface area contributed by atoms with Crippen molar-refractivity contribution >= 4 is 11.6 Å². The van der Waals surface area contributed by atoms with E-state index in [2.05, 4.69) is 23.8 Å². The molecule has 0 unspecified atom stereocenters. The molecule has 0 saturated carbocycles. The highest BCUT2D eigenvalue weighted by Crippen LogP contribution is 2.31. The lowest BCUT2D eigenvalue weighted by Gasteiger charge is -2.15. The van der Waals surface area contributed by atoms with E-state index in [9.17, 15) is 13.6 Å². The Bertz CT molecular complexity index is 1150. The fourth-order valence-corrected chi connectivity index (χ4v) is 3.34. The molecule has 192 valence electrons. The Labute approximate surface area is 212 Å². The number of nitrogens with two attached hydrogens (primary N) is 1. The average Bonchev–Trinajstić information content (AvgIpc) is 2.88. The van der Waals surface area contributed by atoms with E-state index in [1.807, 2.05) is 32.0 Å². The Balaban J connectivity index is 2.24. The van der Waals surface area contributed by atoms with Crippen molar-refractivity contribution in [3.05, 3.63) is 95.4 Å². The standard InChI is InChI=1S/C29H35F2N3O2/c1-6-10-21-12-15-25(36-24-16-13-23(14-17-24)29(30,31)9-4)18-22(21)19-33-28(35)26(11-7-2)34-27(32)20(5)8-3/h7,9,11-18H,4,6,8,10,19,32H2,1-3,5H3,(H,33,35)/b11-7-,27-20+,34-26+. The Morgan fingerprint density at radius 1 is 1.14 bits per heavy atom. The largest absolute Gasteiger partial charge is 0.457 e. The number of halogens is 2. The smallest absolute Gasteiger partial charge is 0.291 e. The highest BCUT2D eigenvalue weighted by atomic mass is 19.3. The molecule has 0 heterocycles. The summed E-state index contributed by atoms with van der Waals surface area (Å²) in [6.45, 7) is 11.2. The van der Waals surface area contributed by atoms with Crippen LogP contribution in [0.15, 0.2) is 83.7 Å². The van der Waals surface area contributed by atoms with Crippen LogP contribution < -0.4 is 15.8 Å². The predicted octanol–water partition coefficient (Wildman–Crippen LogP) is 6.94. The summed E-state index contributed by atoms with van der Waals surface area (Å²) >= 11 is 0. The molecule has 0 atom stereocenters. The molecule has 2 aromatic rings. The third-order valence-corrected chi connectivity index (χ3v) is 5.63. The third-order valence-electron chi connectivity index (χ3n) is 5.63. The molecule has 3 N–H and O–H groups in total. The van der Waals surface area contributed by atoms with E-state index in [1.54, 1.807) is 19.1 Å². The number of nitrogens with one attached hydrogen (secondary N) is 1. The van der Waals surface area contributed by atoms with Gasteiger partial charge in [0.25, 0.3) is 11.8 Å². The lowest BCUT2D eigenvalue weighted by atomic mass is 10.0. The Morgan fingerprint density at radius 2 is 1.81 bits per heavy atom. The summed E-state index contributed by atoms with van der Waals surface area (Å²) in [7, 11) is 0. The SMILES string of the molecule is C=CC(F)(F)c1ccc(Oc2ccc(CCC)c(CNC(=O)C(/C=C\C)=N/C(N)=C(\C)CC)c2)cc1. The number of allylic oxidation sites excluding steroid dienone is 3. The highest BCUT2D eigenvalue weighted by molar-refractivity contribution is 6.43. The molecule has 0 aliphatic carbocycles. The first-order valence-corrected chi connectivity index (χ1v) is 12.0. The van der Waals surface area contributed by atoms with Crippen molar-refractivity contribution in [2.75, 3.05) is 0 Å². The molecule has 2 aromatic carbocycles. The zero-order chi connectivity index (χ0) is 26.7. The number of amides is 1. The average molecular weight is 496 g/mol. The lowest BCUT2D eigenvalue weighted by Crippen LogP contribution is -2.30. The van der Waals surface area contributed by atoms with Crippen LogP contribution in [0.3, 0.4) is 0 Å².